The van der Waals surface area contributed by atoms with Crippen molar-refractivity contribution in [2.75, 3.05) is 0 Å². The molecule has 5 nitrogen and oxygen atoms in total. The molecule has 19 heavy (non-hydrogen) atoms. The van der Waals surface area contributed by atoms with Gasteiger partial charge in [-0.3, -0.25) is 4.79 Å². The van der Waals surface area contributed by atoms with Gasteiger partial charge in [-0.2, -0.15) is 0 Å². The third-order valence-electron chi connectivity index (χ3n) is 3.79. The van der Waals surface area contributed by atoms with Crippen molar-refractivity contribution in [2.24, 2.45) is 5.73 Å². The van der Waals surface area contributed by atoms with Gasteiger partial charge >= 0.3 is 0 Å². The number of nitrogens with zero attached hydrogens (tertiary/aromatic N) is 1. The van der Waals surface area contributed by atoms with Gasteiger partial charge in [-0.15, -0.1) is 0 Å². The second kappa shape index (κ2) is 5.01. The highest BCUT2D eigenvalue weighted by Crippen LogP contribution is 2.18. The summed E-state index contributed by atoms with van der Waals surface area (Å²) in [5.74, 6) is -0.0167. The van der Waals surface area contributed by atoms with Crippen LogP contribution in [0.4, 0.5) is 0 Å². The number of amides is 1. The number of aromatic nitrogens is 2. The van der Waals surface area contributed by atoms with Crippen molar-refractivity contribution in [1.82, 2.24) is 15.3 Å². The fourth-order valence-electron chi connectivity index (χ4n) is 2.61. The summed E-state index contributed by atoms with van der Waals surface area (Å²) in [5, 5.41) is 3.08. The molecule has 0 unspecified atom stereocenters. The molecule has 5 heteroatoms. The Hall–Kier alpha value is -1.88. The van der Waals surface area contributed by atoms with E-state index < -0.39 is 0 Å². The Balaban J connectivity index is 1.69. The van der Waals surface area contributed by atoms with E-state index in [0.717, 1.165) is 36.7 Å². The first kappa shape index (κ1) is 12.2. The maximum atomic E-state index is 12.2. The van der Waals surface area contributed by atoms with Gasteiger partial charge in [0.15, 0.2) is 0 Å². The van der Waals surface area contributed by atoms with Crippen molar-refractivity contribution < 1.29 is 4.79 Å². The summed E-state index contributed by atoms with van der Waals surface area (Å²) in [6.45, 7) is 0. The number of nitrogens with two attached hydrogens (primary N) is 1. The molecule has 2 aromatic rings. The molecule has 0 saturated heterocycles. The third-order valence-corrected chi connectivity index (χ3v) is 3.79. The number of hydrogen-bond acceptors (Lipinski definition) is 3. The molecular weight excluding hydrogens is 240 g/mol. The van der Waals surface area contributed by atoms with Gasteiger partial charge in [0, 0.05) is 17.6 Å². The number of fused-ring (bicyclic) bond motifs is 1. The summed E-state index contributed by atoms with van der Waals surface area (Å²) in [7, 11) is 0. The van der Waals surface area contributed by atoms with Crippen molar-refractivity contribution in [3.63, 3.8) is 0 Å². The third kappa shape index (κ3) is 2.61. The lowest BCUT2D eigenvalue weighted by molar-refractivity contribution is 0.0926. The number of benzene rings is 1. The number of hydrogen-bond donors (Lipinski definition) is 3. The van der Waals surface area contributed by atoms with Crippen LogP contribution in [0, 0.1) is 0 Å². The Bertz CT molecular complexity index is 584. The van der Waals surface area contributed by atoms with Gasteiger partial charge in [0.1, 0.15) is 0 Å². The highest BCUT2D eigenvalue weighted by Gasteiger charge is 2.20. The van der Waals surface area contributed by atoms with Crippen LogP contribution in [0.3, 0.4) is 0 Å². The molecule has 1 aliphatic carbocycles. The first-order valence-corrected chi connectivity index (χ1v) is 6.72. The minimum Gasteiger partial charge on any atom is -0.349 e. The van der Waals surface area contributed by atoms with Crippen LogP contribution < -0.4 is 11.1 Å². The van der Waals surface area contributed by atoms with Crippen molar-refractivity contribution in [1.29, 1.82) is 0 Å². The van der Waals surface area contributed by atoms with Gasteiger partial charge in [-0.25, -0.2) is 4.98 Å². The summed E-state index contributed by atoms with van der Waals surface area (Å²) in [5.41, 5.74) is 8.30. The first-order chi connectivity index (χ1) is 9.22. The molecule has 4 N–H and O–H groups in total. The average molecular weight is 258 g/mol. The maximum absolute atomic E-state index is 12.2. The molecule has 1 aromatic heterocycles. The van der Waals surface area contributed by atoms with E-state index in [2.05, 4.69) is 15.3 Å². The Morgan fingerprint density at radius 2 is 2.11 bits per heavy atom. The second-order valence-corrected chi connectivity index (χ2v) is 5.22. The van der Waals surface area contributed by atoms with Crippen molar-refractivity contribution in [3.8, 4) is 0 Å². The van der Waals surface area contributed by atoms with E-state index in [1.165, 1.54) is 0 Å². The minimum atomic E-state index is -0.0167. The van der Waals surface area contributed by atoms with E-state index in [0.29, 0.717) is 11.6 Å². The van der Waals surface area contributed by atoms with E-state index >= 15 is 0 Å². The van der Waals surface area contributed by atoms with Crippen LogP contribution in [0.5, 0.6) is 0 Å². The molecule has 0 atom stereocenters. The lowest BCUT2D eigenvalue weighted by atomic mass is 9.91. The average Bonchev–Trinajstić information content (AvgIpc) is 2.88. The van der Waals surface area contributed by atoms with Crippen LogP contribution in [0.25, 0.3) is 11.0 Å². The molecule has 0 radical (unpaired) electrons. The lowest BCUT2D eigenvalue weighted by Gasteiger charge is -2.26. The van der Waals surface area contributed by atoms with Crippen LogP contribution in [0.15, 0.2) is 24.5 Å². The molecule has 0 spiro atoms. The molecule has 1 saturated carbocycles. The van der Waals surface area contributed by atoms with Gasteiger partial charge in [0.25, 0.3) is 5.91 Å². The zero-order valence-electron chi connectivity index (χ0n) is 10.7. The topological polar surface area (TPSA) is 83.8 Å². The van der Waals surface area contributed by atoms with Crippen molar-refractivity contribution in [3.05, 3.63) is 30.1 Å². The van der Waals surface area contributed by atoms with Crippen molar-refractivity contribution >= 4 is 16.9 Å². The molecule has 0 aliphatic heterocycles. The smallest absolute Gasteiger partial charge is 0.251 e. The van der Waals surface area contributed by atoms with E-state index in [4.69, 9.17) is 5.73 Å². The van der Waals surface area contributed by atoms with Gasteiger partial charge < -0.3 is 16.0 Å². The molecule has 1 aromatic carbocycles. The Morgan fingerprint density at radius 3 is 2.89 bits per heavy atom. The zero-order chi connectivity index (χ0) is 13.2. The van der Waals surface area contributed by atoms with Gasteiger partial charge in [0.2, 0.25) is 0 Å². The van der Waals surface area contributed by atoms with Crippen molar-refractivity contribution in [2.45, 2.75) is 37.8 Å². The molecule has 1 amide bonds. The number of carbonyl (C=O) groups excluding carboxylic acids is 1. The summed E-state index contributed by atoms with van der Waals surface area (Å²) in [6, 6.07) is 6.07. The fraction of sp³-hybridized carbons (Fsp3) is 0.429. The number of carbonyl (C=O) groups is 1. The van der Waals surface area contributed by atoms with Crippen LogP contribution in [-0.2, 0) is 0 Å². The van der Waals surface area contributed by atoms with E-state index in [1.807, 2.05) is 18.2 Å². The summed E-state index contributed by atoms with van der Waals surface area (Å²) in [6.07, 6.45) is 5.56. The molecule has 1 fully saturated rings. The molecule has 1 aliphatic rings. The fourth-order valence-corrected chi connectivity index (χ4v) is 2.61. The SMILES string of the molecule is NC1CCC(NC(=O)c2ccc3nc[nH]c3c2)CC1. The van der Waals surface area contributed by atoms with E-state index in [1.54, 1.807) is 6.33 Å². The van der Waals surface area contributed by atoms with E-state index in [9.17, 15) is 4.79 Å². The number of imidazole rings is 1. The summed E-state index contributed by atoms with van der Waals surface area (Å²) < 4.78 is 0. The predicted octanol–water partition coefficient (Wildman–Crippen LogP) is 1.56. The molecule has 3 rings (SSSR count). The molecule has 1 heterocycles. The highest BCUT2D eigenvalue weighted by molar-refractivity contribution is 5.97. The van der Waals surface area contributed by atoms with Crippen LogP contribution in [-0.4, -0.2) is 28.0 Å². The number of nitrogens with one attached hydrogen (secondary N) is 2. The summed E-state index contributed by atoms with van der Waals surface area (Å²) >= 11 is 0. The standard InChI is InChI=1S/C14H18N4O/c15-10-2-4-11(5-3-10)18-14(19)9-1-6-12-13(7-9)17-8-16-12/h1,6-8,10-11H,2-5,15H2,(H,16,17)(H,18,19). The number of H-pyrrole nitrogens is 1. The Morgan fingerprint density at radius 1 is 1.32 bits per heavy atom. The second-order valence-electron chi connectivity index (χ2n) is 5.22. The first-order valence-electron chi connectivity index (χ1n) is 6.72. The highest BCUT2D eigenvalue weighted by atomic mass is 16.1. The monoisotopic (exact) mass is 258 g/mol. The van der Waals surface area contributed by atoms with Crippen LogP contribution >= 0.6 is 0 Å². The minimum absolute atomic E-state index is 0.0167. The van der Waals surface area contributed by atoms with Gasteiger partial charge in [-0.1, -0.05) is 0 Å². The van der Waals surface area contributed by atoms with Crippen LogP contribution in [0.1, 0.15) is 36.0 Å². The number of aromatic amines is 1. The Kier molecular flexibility index (Phi) is 3.21. The van der Waals surface area contributed by atoms with Crippen LogP contribution in [0.2, 0.25) is 0 Å². The maximum Gasteiger partial charge on any atom is 0.251 e. The Labute approximate surface area is 111 Å². The van der Waals surface area contributed by atoms with E-state index in [-0.39, 0.29) is 11.9 Å². The lowest BCUT2D eigenvalue weighted by Crippen LogP contribution is -2.40. The molecule has 100 valence electrons. The zero-order valence-corrected chi connectivity index (χ0v) is 10.7. The van der Waals surface area contributed by atoms with Gasteiger partial charge in [-0.05, 0) is 43.9 Å². The largest absolute Gasteiger partial charge is 0.349 e. The van der Waals surface area contributed by atoms with Gasteiger partial charge in [0.05, 0.1) is 17.4 Å². The predicted molar refractivity (Wildman–Crippen MR) is 73.8 cm³/mol. The number of rotatable bonds is 2. The molecular formula is C14H18N4O. The quantitative estimate of drug-likeness (QED) is 0.764. The molecule has 0 bridgehead atoms. The summed E-state index contributed by atoms with van der Waals surface area (Å²) in [4.78, 5) is 19.3. The normalized spacial score (nSPS) is 23.4.